The first-order valence-electron chi connectivity index (χ1n) is 6.81. The standard InChI is InChI=1S/C17H16N2O2/c20-17(21)12-19(14-6-2-1-3-7-14)11-13-10-18-16-9-5-4-8-15(13)16/h1-10,18H,11-12H2,(H,20,21). The summed E-state index contributed by atoms with van der Waals surface area (Å²) in [5.41, 5.74) is 3.07. The van der Waals surface area contributed by atoms with E-state index in [0.717, 1.165) is 22.2 Å². The van der Waals surface area contributed by atoms with E-state index in [0.29, 0.717) is 6.54 Å². The number of aromatic nitrogens is 1. The Balaban J connectivity index is 1.93. The van der Waals surface area contributed by atoms with E-state index >= 15 is 0 Å². The van der Waals surface area contributed by atoms with Crippen LogP contribution in [0.5, 0.6) is 0 Å². The van der Waals surface area contributed by atoms with Crippen LogP contribution in [0.15, 0.2) is 60.8 Å². The molecule has 0 aliphatic carbocycles. The lowest BCUT2D eigenvalue weighted by Gasteiger charge is -2.22. The van der Waals surface area contributed by atoms with E-state index in [1.807, 2.05) is 65.7 Å². The highest BCUT2D eigenvalue weighted by atomic mass is 16.4. The number of nitrogens with zero attached hydrogens (tertiary/aromatic N) is 1. The normalized spacial score (nSPS) is 10.7. The fourth-order valence-electron chi connectivity index (χ4n) is 2.51. The average molecular weight is 280 g/mol. The van der Waals surface area contributed by atoms with Crippen molar-refractivity contribution in [2.24, 2.45) is 0 Å². The first kappa shape index (κ1) is 13.2. The summed E-state index contributed by atoms with van der Waals surface area (Å²) >= 11 is 0. The second-order valence-corrected chi connectivity index (χ2v) is 4.94. The van der Waals surface area contributed by atoms with Crippen molar-refractivity contribution in [2.45, 2.75) is 6.54 Å². The Hall–Kier alpha value is -2.75. The number of hydrogen-bond donors (Lipinski definition) is 2. The van der Waals surface area contributed by atoms with Crippen molar-refractivity contribution in [2.75, 3.05) is 11.4 Å². The molecule has 0 unspecified atom stereocenters. The number of carboxylic acids is 1. The zero-order valence-electron chi connectivity index (χ0n) is 11.5. The minimum Gasteiger partial charge on any atom is -0.480 e. The first-order chi connectivity index (χ1) is 10.2. The molecule has 0 amide bonds. The number of para-hydroxylation sites is 2. The molecule has 3 aromatic rings. The van der Waals surface area contributed by atoms with Crippen LogP contribution < -0.4 is 4.90 Å². The number of H-pyrrole nitrogens is 1. The number of carbonyl (C=O) groups is 1. The number of aromatic amines is 1. The molecule has 2 N–H and O–H groups in total. The van der Waals surface area contributed by atoms with Crippen LogP contribution in [0.1, 0.15) is 5.56 Å². The Bertz CT molecular complexity index is 750. The second-order valence-electron chi connectivity index (χ2n) is 4.94. The number of benzene rings is 2. The topological polar surface area (TPSA) is 56.3 Å². The number of hydrogen-bond acceptors (Lipinski definition) is 2. The van der Waals surface area contributed by atoms with Gasteiger partial charge in [0.05, 0.1) is 0 Å². The minimum absolute atomic E-state index is 0.0243. The molecule has 0 radical (unpaired) electrons. The summed E-state index contributed by atoms with van der Waals surface area (Å²) in [6.07, 6.45) is 1.95. The van der Waals surface area contributed by atoms with Crippen LogP contribution >= 0.6 is 0 Å². The van der Waals surface area contributed by atoms with E-state index < -0.39 is 5.97 Å². The Morgan fingerprint density at radius 1 is 1.05 bits per heavy atom. The highest BCUT2D eigenvalue weighted by molar-refractivity contribution is 5.83. The van der Waals surface area contributed by atoms with Gasteiger partial charge in [0.15, 0.2) is 0 Å². The Labute approximate surface area is 122 Å². The molecule has 2 aromatic carbocycles. The van der Waals surface area contributed by atoms with Gasteiger partial charge in [-0.05, 0) is 23.8 Å². The van der Waals surface area contributed by atoms with Gasteiger partial charge >= 0.3 is 5.97 Å². The number of anilines is 1. The molecule has 4 heteroatoms. The van der Waals surface area contributed by atoms with Crippen LogP contribution in [0, 0.1) is 0 Å². The third-order valence-corrected chi connectivity index (χ3v) is 3.48. The fraction of sp³-hybridized carbons (Fsp3) is 0.118. The van der Waals surface area contributed by atoms with Crippen molar-refractivity contribution >= 4 is 22.6 Å². The van der Waals surface area contributed by atoms with Crippen LogP contribution in [-0.2, 0) is 11.3 Å². The van der Waals surface area contributed by atoms with E-state index in [1.165, 1.54) is 0 Å². The van der Waals surface area contributed by atoms with Gasteiger partial charge in [-0.3, -0.25) is 4.79 Å². The molecule has 0 aliphatic heterocycles. The summed E-state index contributed by atoms with van der Waals surface area (Å²) in [5.74, 6) is -0.835. The van der Waals surface area contributed by atoms with Crippen LogP contribution in [0.4, 0.5) is 5.69 Å². The molecule has 0 spiro atoms. The Kier molecular flexibility index (Phi) is 3.60. The van der Waals surface area contributed by atoms with Crippen molar-refractivity contribution < 1.29 is 9.90 Å². The molecular weight excluding hydrogens is 264 g/mol. The molecule has 4 nitrogen and oxygen atoms in total. The monoisotopic (exact) mass is 280 g/mol. The zero-order valence-corrected chi connectivity index (χ0v) is 11.5. The SMILES string of the molecule is O=C(O)CN(Cc1c[nH]c2ccccc12)c1ccccc1. The van der Waals surface area contributed by atoms with E-state index in [-0.39, 0.29) is 6.54 Å². The van der Waals surface area contributed by atoms with Crippen molar-refractivity contribution in [1.29, 1.82) is 0 Å². The molecule has 0 atom stereocenters. The predicted molar refractivity (Wildman–Crippen MR) is 83.4 cm³/mol. The van der Waals surface area contributed by atoms with Gasteiger partial charge in [0.2, 0.25) is 0 Å². The van der Waals surface area contributed by atoms with Gasteiger partial charge in [-0.25, -0.2) is 0 Å². The van der Waals surface area contributed by atoms with Gasteiger partial charge in [0.25, 0.3) is 0 Å². The lowest BCUT2D eigenvalue weighted by atomic mass is 10.1. The average Bonchev–Trinajstić information content (AvgIpc) is 2.90. The van der Waals surface area contributed by atoms with Gasteiger partial charge in [0.1, 0.15) is 6.54 Å². The van der Waals surface area contributed by atoms with E-state index in [9.17, 15) is 4.79 Å². The molecule has 3 rings (SSSR count). The van der Waals surface area contributed by atoms with Crippen molar-refractivity contribution in [3.05, 3.63) is 66.4 Å². The minimum atomic E-state index is -0.835. The number of fused-ring (bicyclic) bond motifs is 1. The van der Waals surface area contributed by atoms with E-state index in [1.54, 1.807) is 0 Å². The fourth-order valence-corrected chi connectivity index (χ4v) is 2.51. The van der Waals surface area contributed by atoms with Gasteiger partial charge in [-0.15, -0.1) is 0 Å². The zero-order chi connectivity index (χ0) is 14.7. The van der Waals surface area contributed by atoms with Crippen molar-refractivity contribution in [1.82, 2.24) is 4.98 Å². The third-order valence-electron chi connectivity index (χ3n) is 3.48. The molecule has 1 aromatic heterocycles. The smallest absolute Gasteiger partial charge is 0.323 e. The van der Waals surface area contributed by atoms with E-state index in [4.69, 9.17) is 5.11 Å². The number of rotatable bonds is 5. The van der Waals surface area contributed by atoms with Gasteiger partial charge in [-0.2, -0.15) is 0 Å². The molecule has 0 fully saturated rings. The summed E-state index contributed by atoms with van der Waals surface area (Å²) in [6.45, 7) is 0.532. The highest BCUT2D eigenvalue weighted by Crippen LogP contribution is 2.22. The van der Waals surface area contributed by atoms with Crippen LogP contribution in [0.2, 0.25) is 0 Å². The van der Waals surface area contributed by atoms with Gasteiger partial charge in [-0.1, -0.05) is 36.4 Å². The van der Waals surface area contributed by atoms with Crippen LogP contribution in [0.3, 0.4) is 0 Å². The Morgan fingerprint density at radius 2 is 1.76 bits per heavy atom. The highest BCUT2D eigenvalue weighted by Gasteiger charge is 2.13. The molecular formula is C17H16N2O2. The summed E-state index contributed by atoms with van der Waals surface area (Å²) in [5, 5.41) is 10.3. The number of aliphatic carboxylic acids is 1. The maximum absolute atomic E-state index is 11.1. The maximum atomic E-state index is 11.1. The molecule has 0 saturated heterocycles. The van der Waals surface area contributed by atoms with Crippen molar-refractivity contribution in [3.8, 4) is 0 Å². The summed E-state index contributed by atoms with van der Waals surface area (Å²) in [4.78, 5) is 16.2. The predicted octanol–water partition coefficient (Wildman–Crippen LogP) is 3.26. The molecule has 0 saturated carbocycles. The Morgan fingerprint density at radius 3 is 2.52 bits per heavy atom. The number of nitrogens with one attached hydrogen (secondary N) is 1. The largest absolute Gasteiger partial charge is 0.480 e. The van der Waals surface area contributed by atoms with Crippen LogP contribution in [0.25, 0.3) is 10.9 Å². The quantitative estimate of drug-likeness (QED) is 0.754. The summed E-state index contributed by atoms with van der Waals surface area (Å²) < 4.78 is 0. The lowest BCUT2D eigenvalue weighted by Crippen LogP contribution is -2.29. The molecule has 21 heavy (non-hydrogen) atoms. The van der Waals surface area contributed by atoms with Crippen LogP contribution in [-0.4, -0.2) is 22.6 Å². The first-order valence-corrected chi connectivity index (χ1v) is 6.81. The molecule has 1 heterocycles. The summed E-state index contributed by atoms with van der Waals surface area (Å²) in [7, 11) is 0. The van der Waals surface area contributed by atoms with Crippen molar-refractivity contribution in [3.63, 3.8) is 0 Å². The van der Waals surface area contributed by atoms with Gasteiger partial charge in [0, 0.05) is 29.3 Å². The number of carboxylic acid groups (broad SMARTS) is 1. The third kappa shape index (κ3) is 2.89. The second kappa shape index (κ2) is 5.71. The van der Waals surface area contributed by atoms with Gasteiger partial charge < -0.3 is 15.0 Å². The molecule has 0 aliphatic rings. The molecule has 0 bridgehead atoms. The molecule has 106 valence electrons. The summed E-state index contributed by atoms with van der Waals surface area (Å²) in [6, 6.07) is 17.6. The van der Waals surface area contributed by atoms with E-state index in [2.05, 4.69) is 4.98 Å². The maximum Gasteiger partial charge on any atom is 0.323 e. The lowest BCUT2D eigenvalue weighted by molar-refractivity contribution is -0.135.